The predicted molar refractivity (Wildman–Crippen MR) is 98.5 cm³/mol. The lowest BCUT2D eigenvalue weighted by Gasteiger charge is -2.23. The Morgan fingerprint density at radius 2 is 2.04 bits per heavy atom. The van der Waals surface area contributed by atoms with Gasteiger partial charge in [0.1, 0.15) is 5.75 Å². The highest BCUT2D eigenvalue weighted by Crippen LogP contribution is 2.31. The number of hydrogen-bond donors (Lipinski definition) is 1. The van der Waals surface area contributed by atoms with Crippen molar-refractivity contribution < 1.29 is 14.3 Å². The molecule has 1 N–H and O–H groups in total. The number of rotatable bonds is 3. The minimum absolute atomic E-state index is 0.121. The number of halogens is 2. The molecule has 2 amide bonds. The number of para-hydroxylation sites is 2. The molecule has 0 saturated heterocycles. The molecule has 1 heterocycles. The molecule has 0 saturated carbocycles. The molecule has 0 radical (unpaired) electrons. The summed E-state index contributed by atoms with van der Waals surface area (Å²) in [6.07, 6.45) is 0. The first-order chi connectivity index (χ1) is 12.0. The van der Waals surface area contributed by atoms with Crippen molar-refractivity contribution in [3.8, 4) is 5.75 Å². The van der Waals surface area contributed by atoms with E-state index in [1.54, 1.807) is 42.2 Å². The van der Waals surface area contributed by atoms with Gasteiger partial charge in [0.25, 0.3) is 5.91 Å². The van der Waals surface area contributed by atoms with Gasteiger partial charge in [0, 0.05) is 11.6 Å². The zero-order valence-electron chi connectivity index (χ0n) is 13.5. The standard InChI is InChI=1S/C18H16Cl2N2O3/c1-11-9-22(15-5-3-2-4-14(15)21-18(11)24)17(23)10-25-16-7-6-12(19)8-13(16)20/h2-8,11H,9-10H2,1H3,(H,21,24)/t11-/m0/s1. The lowest BCUT2D eigenvalue weighted by molar-refractivity contribution is -0.121. The normalized spacial score (nSPS) is 16.7. The molecule has 2 aromatic carbocycles. The maximum Gasteiger partial charge on any atom is 0.264 e. The van der Waals surface area contributed by atoms with Gasteiger partial charge in [0.05, 0.1) is 22.3 Å². The lowest BCUT2D eigenvalue weighted by Crippen LogP contribution is -2.38. The molecule has 0 fully saturated rings. The van der Waals surface area contributed by atoms with E-state index in [9.17, 15) is 9.59 Å². The molecular weight excluding hydrogens is 363 g/mol. The fourth-order valence-corrected chi connectivity index (χ4v) is 3.03. The van der Waals surface area contributed by atoms with Gasteiger partial charge in [-0.2, -0.15) is 0 Å². The molecule has 130 valence electrons. The average Bonchev–Trinajstić information content (AvgIpc) is 2.71. The van der Waals surface area contributed by atoms with Crippen molar-refractivity contribution in [1.29, 1.82) is 0 Å². The van der Waals surface area contributed by atoms with Gasteiger partial charge in [-0.05, 0) is 30.3 Å². The van der Waals surface area contributed by atoms with Crippen molar-refractivity contribution in [3.05, 3.63) is 52.5 Å². The van der Waals surface area contributed by atoms with E-state index in [0.29, 0.717) is 27.2 Å². The van der Waals surface area contributed by atoms with E-state index >= 15 is 0 Å². The molecule has 0 bridgehead atoms. The molecule has 0 aromatic heterocycles. The summed E-state index contributed by atoms with van der Waals surface area (Å²) < 4.78 is 5.54. The molecular formula is C18H16Cl2N2O3. The monoisotopic (exact) mass is 378 g/mol. The third kappa shape index (κ3) is 3.89. The van der Waals surface area contributed by atoms with Crippen LogP contribution >= 0.6 is 23.2 Å². The van der Waals surface area contributed by atoms with Crippen LogP contribution in [0, 0.1) is 5.92 Å². The van der Waals surface area contributed by atoms with Crippen molar-refractivity contribution in [2.24, 2.45) is 5.92 Å². The van der Waals surface area contributed by atoms with E-state index in [2.05, 4.69) is 5.32 Å². The van der Waals surface area contributed by atoms with Crippen LogP contribution in [-0.4, -0.2) is 25.0 Å². The molecule has 1 aliphatic heterocycles. The highest BCUT2D eigenvalue weighted by atomic mass is 35.5. The molecule has 0 unspecified atom stereocenters. The maximum absolute atomic E-state index is 12.7. The third-order valence-corrected chi connectivity index (χ3v) is 4.43. The van der Waals surface area contributed by atoms with Gasteiger partial charge in [-0.1, -0.05) is 42.3 Å². The third-order valence-electron chi connectivity index (χ3n) is 3.90. The zero-order chi connectivity index (χ0) is 18.0. The highest BCUT2D eigenvalue weighted by Gasteiger charge is 2.28. The van der Waals surface area contributed by atoms with Gasteiger partial charge in [-0.25, -0.2) is 0 Å². The summed E-state index contributed by atoms with van der Waals surface area (Å²) in [4.78, 5) is 26.4. The van der Waals surface area contributed by atoms with Crippen LogP contribution in [0.4, 0.5) is 11.4 Å². The smallest absolute Gasteiger partial charge is 0.264 e. The molecule has 3 rings (SSSR count). The highest BCUT2D eigenvalue weighted by molar-refractivity contribution is 6.35. The minimum Gasteiger partial charge on any atom is -0.482 e. The number of nitrogens with one attached hydrogen (secondary N) is 1. The topological polar surface area (TPSA) is 58.6 Å². The van der Waals surface area contributed by atoms with Crippen LogP contribution in [0.3, 0.4) is 0 Å². The number of fused-ring (bicyclic) bond motifs is 1. The average molecular weight is 379 g/mol. The van der Waals surface area contributed by atoms with Crippen LogP contribution in [0.5, 0.6) is 5.75 Å². The molecule has 25 heavy (non-hydrogen) atoms. The number of carbonyl (C=O) groups is 2. The number of anilines is 2. The van der Waals surface area contributed by atoms with Crippen LogP contribution in [0.1, 0.15) is 6.92 Å². The Bertz CT molecular complexity index is 826. The summed E-state index contributed by atoms with van der Waals surface area (Å²) in [5.74, 6) is -0.341. The molecule has 5 nitrogen and oxygen atoms in total. The summed E-state index contributed by atoms with van der Waals surface area (Å²) in [5.41, 5.74) is 1.26. The summed E-state index contributed by atoms with van der Waals surface area (Å²) in [6, 6.07) is 12.0. The second-order valence-electron chi connectivity index (χ2n) is 5.78. The molecule has 1 aliphatic rings. The van der Waals surface area contributed by atoms with Gasteiger partial charge >= 0.3 is 0 Å². The van der Waals surface area contributed by atoms with Crippen molar-refractivity contribution in [2.75, 3.05) is 23.4 Å². The van der Waals surface area contributed by atoms with E-state index in [0.717, 1.165) is 0 Å². The Morgan fingerprint density at radius 1 is 1.28 bits per heavy atom. The Morgan fingerprint density at radius 3 is 2.80 bits per heavy atom. The second kappa shape index (κ2) is 7.33. The Kier molecular flexibility index (Phi) is 5.16. The summed E-state index contributed by atoms with van der Waals surface area (Å²) in [7, 11) is 0. The number of nitrogens with zero attached hydrogens (tertiary/aromatic N) is 1. The number of amides is 2. The molecule has 2 aromatic rings. The van der Waals surface area contributed by atoms with Crippen molar-refractivity contribution in [3.63, 3.8) is 0 Å². The Labute approximate surface area is 155 Å². The Balaban J connectivity index is 1.79. The van der Waals surface area contributed by atoms with E-state index in [1.165, 1.54) is 0 Å². The molecule has 1 atom stereocenters. The van der Waals surface area contributed by atoms with Gasteiger partial charge in [-0.3, -0.25) is 9.59 Å². The zero-order valence-corrected chi connectivity index (χ0v) is 15.0. The number of carbonyl (C=O) groups excluding carboxylic acids is 2. The van der Waals surface area contributed by atoms with Crippen molar-refractivity contribution in [1.82, 2.24) is 0 Å². The summed E-state index contributed by atoms with van der Waals surface area (Å²) in [5, 5.41) is 3.66. The number of benzene rings is 2. The van der Waals surface area contributed by atoms with Crippen molar-refractivity contribution in [2.45, 2.75) is 6.92 Å². The SMILES string of the molecule is C[C@H]1CN(C(=O)COc2ccc(Cl)cc2Cl)c2ccccc2NC1=O. The van der Waals surface area contributed by atoms with Crippen molar-refractivity contribution >= 4 is 46.4 Å². The molecule has 0 aliphatic carbocycles. The second-order valence-corrected chi connectivity index (χ2v) is 6.62. The lowest BCUT2D eigenvalue weighted by atomic mass is 10.1. The van der Waals surface area contributed by atoms with Crippen LogP contribution in [0.15, 0.2) is 42.5 Å². The van der Waals surface area contributed by atoms with Crippen LogP contribution in [0.2, 0.25) is 10.0 Å². The Hall–Kier alpha value is -2.24. The minimum atomic E-state index is -0.338. The van der Waals surface area contributed by atoms with Gasteiger partial charge < -0.3 is 15.0 Å². The van der Waals surface area contributed by atoms with Crippen LogP contribution in [0.25, 0.3) is 0 Å². The van der Waals surface area contributed by atoms with E-state index < -0.39 is 0 Å². The fourth-order valence-electron chi connectivity index (χ4n) is 2.57. The number of hydrogen-bond acceptors (Lipinski definition) is 3. The largest absolute Gasteiger partial charge is 0.482 e. The quantitative estimate of drug-likeness (QED) is 0.877. The van der Waals surface area contributed by atoms with Crippen LogP contribution in [-0.2, 0) is 9.59 Å². The van der Waals surface area contributed by atoms with Gasteiger partial charge in [-0.15, -0.1) is 0 Å². The maximum atomic E-state index is 12.7. The van der Waals surface area contributed by atoms with E-state index in [1.807, 2.05) is 12.1 Å². The summed E-state index contributed by atoms with van der Waals surface area (Å²) in [6.45, 7) is 1.86. The van der Waals surface area contributed by atoms with E-state index in [-0.39, 0.29) is 30.9 Å². The first-order valence-corrected chi connectivity index (χ1v) is 8.49. The van der Waals surface area contributed by atoms with Gasteiger partial charge in [0.15, 0.2) is 6.61 Å². The van der Waals surface area contributed by atoms with Crippen LogP contribution < -0.4 is 15.0 Å². The van der Waals surface area contributed by atoms with Gasteiger partial charge in [0.2, 0.25) is 5.91 Å². The first-order valence-electron chi connectivity index (χ1n) is 7.74. The fraction of sp³-hybridized carbons (Fsp3) is 0.222. The molecule has 7 heteroatoms. The van der Waals surface area contributed by atoms with E-state index in [4.69, 9.17) is 27.9 Å². The number of ether oxygens (including phenoxy) is 1. The summed E-state index contributed by atoms with van der Waals surface area (Å²) >= 11 is 11.9. The molecule has 0 spiro atoms. The first kappa shape index (κ1) is 17.6. The predicted octanol–water partition coefficient (Wildman–Crippen LogP) is 3.99.